The van der Waals surface area contributed by atoms with E-state index in [0.717, 1.165) is 33.8 Å². The lowest BCUT2D eigenvalue weighted by molar-refractivity contribution is -0.128. The van der Waals surface area contributed by atoms with Crippen LogP contribution in [0.4, 0.5) is 4.79 Å². The minimum Gasteiger partial charge on any atom is -0.413 e. The topological polar surface area (TPSA) is 180 Å². The molecule has 1 saturated heterocycles. The summed E-state index contributed by atoms with van der Waals surface area (Å²) in [7, 11) is 0. The van der Waals surface area contributed by atoms with Crippen LogP contribution in [0.2, 0.25) is 0 Å². The molecular formula is C43H52N8O6. The summed E-state index contributed by atoms with van der Waals surface area (Å²) in [5.41, 5.74) is 8.33. The summed E-state index contributed by atoms with van der Waals surface area (Å²) < 4.78 is 5.10. The number of benzene rings is 2. The van der Waals surface area contributed by atoms with Gasteiger partial charge in [-0.15, -0.1) is 0 Å². The molecule has 0 spiro atoms. The number of urea groups is 1. The van der Waals surface area contributed by atoms with Crippen LogP contribution in [-0.2, 0) is 24.3 Å². The number of aliphatic hydroxyl groups is 2. The number of hydrogen-bond donors (Lipinski definition) is 5. The zero-order valence-corrected chi connectivity index (χ0v) is 32.8. The first-order valence-electron chi connectivity index (χ1n) is 19.4. The van der Waals surface area contributed by atoms with Gasteiger partial charge in [-0.25, -0.2) is 20.0 Å². The Kier molecular flexibility index (Phi) is 13.6. The van der Waals surface area contributed by atoms with Gasteiger partial charge in [-0.05, 0) is 61.6 Å². The van der Waals surface area contributed by atoms with Gasteiger partial charge in [0.05, 0.1) is 30.1 Å². The number of oxazole rings is 1. The van der Waals surface area contributed by atoms with Crippen LogP contribution >= 0.6 is 0 Å². The molecule has 2 aromatic carbocycles. The van der Waals surface area contributed by atoms with Crippen molar-refractivity contribution in [2.75, 3.05) is 19.6 Å². The number of nitrogens with zero attached hydrogens (tertiary/aromatic N) is 5. The Morgan fingerprint density at radius 3 is 2.37 bits per heavy atom. The summed E-state index contributed by atoms with van der Waals surface area (Å²) in [6.07, 6.45) is 0.132. The number of aliphatic hydroxyl groups excluding tert-OH is 2. The van der Waals surface area contributed by atoms with Crippen LogP contribution in [0, 0.1) is 19.8 Å². The first-order valence-corrected chi connectivity index (χ1v) is 19.4. The number of aryl methyl sites for hydroxylation is 2. The fourth-order valence-corrected chi connectivity index (χ4v) is 7.21. The summed E-state index contributed by atoms with van der Waals surface area (Å²) in [6, 6.07) is 27.0. The van der Waals surface area contributed by atoms with Gasteiger partial charge in [0.25, 0.3) is 0 Å². The number of pyridine rings is 2. The van der Waals surface area contributed by atoms with Crippen molar-refractivity contribution in [3.8, 4) is 11.3 Å². The molecule has 0 radical (unpaired) electrons. The average molecular weight is 777 g/mol. The highest BCUT2D eigenvalue weighted by molar-refractivity contribution is 5.88. The Morgan fingerprint density at radius 1 is 0.947 bits per heavy atom. The Morgan fingerprint density at radius 2 is 1.70 bits per heavy atom. The van der Waals surface area contributed by atoms with Gasteiger partial charge in [0.1, 0.15) is 17.5 Å². The fourth-order valence-electron chi connectivity index (χ4n) is 7.21. The number of aromatic amines is 1. The minimum atomic E-state index is -1.38. The zero-order chi connectivity index (χ0) is 40.5. The Balaban J connectivity index is 1.23. The van der Waals surface area contributed by atoms with Gasteiger partial charge in [-0.3, -0.25) is 19.7 Å². The van der Waals surface area contributed by atoms with Gasteiger partial charge in [0.15, 0.2) is 6.23 Å². The first kappa shape index (κ1) is 41.0. The van der Waals surface area contributed by atoms with Crippen molar-refractivity contribution in [3.63, 3.8) is 0 Å². The number of carbonyl (C=O) groups excluding carboxylic acids is 2. The van der Waals surface area contributed by atoms with Crippen molar-refractivity contribution in [2.24, 2.45) is 5.92 Å². The molecule has 5 N–H and O–H groups in total. The van der Waals surface area contributed by atoms with Crippen LogP contribution in [0.15, 0.2) is 106 Å². The van der Waals surface area contributed by atoms with E-state index in [1.54, 1.807) is 27.9 Å². The van der Waals surface area contributed by atoms with Gasteiger partial charge < -0.3 is 29.7 Å². The lowest BCUT2D eigenvalue weighted by Gasteiger charge is -2.35. The lowest BCUT2D eigenvalue weighted by Crippen LogP contribution is -2.58. The van der Waals surface area contributed by atoms with E-state index in [-0.39, 0.29) is 42.4 Å². The molecular weight excluding hydrogens is 725 g/mol. The highest BCUT2D eigenvalue weighted by atomic mass is 16.4. The van der Waals surface area contributed by atoms with Gasteiger partial charge in [-0.1, -0.05) is 87.0 Å². The summed E-state index contributed by atoms with van der Waals surface area (Å²) >= 11 is 0. The predicted octanol–water partition coefficient (Wildman–Crippen LogP) is 4.48. The van der Waals surface area contributed by atoms with Crippen LogP contribution in [-0.4, -0.2) is 89.7 Å². The standard InChI is InChI=1S/C43H52N8O6/c1-5-28(2)39(51-23-22-49(43(51)56)26-34-15-11-12-29(3)45-34)41(54)46-36(24-31-13-7-6-8-14-31)37(52)27-50(48-40(53)38-30(4)57-42(55)47-38)25-32-17-19-33(20-18-32)35-16-9-10-21-44-35/h6-21,28,36-37,39-40,48,52-53H,5,22-27H2,1-4H3,(H,46,54)(H,47,55). The van der Waals surface area contributed by atoms with Crippen molar-refractivity contribution >= 4 is 11.9 Å². The summed E-state index contributed by atoms with van der Waals surface area (Å²) in [4.78, 5) is 55.1. The zero-order valence-electron chi connectivity index (χ0n) is 32.8. The first-order chi connectivity index (χ1) is 27.5. The molecule has 3 aromatic heterocycles. The van der Waals surface area contributed by atoms with Gasteiger partial charge in [-0.2, -0.15) is 0 Å². The van der Waals surface area contributed by atoms with E-state index in [1.165, 1.54) is 0 Å². The van der Waals surface area contributed by atoms with Crippen molar-refractivity contribution in [1.82, 2.24) is 40.5 Å². The van der Waals surface area contributed by atoms with Crippen LogP contribution < -0.4 is 16.5 Å². The monoisotopic (exact) mass is 776 g/mol. The molecule has 1 fully saturated rings. The van der Waals surface area contributed by atoms with Crippen molar-refractivity contribution < 1.29 is 24.2 Å². The highest BCUT2D eigenvalue weighted by Crippen LogP contribution is 2.24. The maximum Gasteiger partial charge on any atom is 0.416 e. The van der Waals surface area contributed by atoms with Gasteiger partial charge in [0.2, 0.25) is 5.91 Å². The SMILES string of the molecule is CCC(C)C(C(=O)NC(Cc1ccccc1)C(O)CN(Cc1ccc(-c2ccccn2)cc1)NC(O)c1[nH]c(=O)oc1C)N1CCN(Cc2cccc(C)n2)C1=O. The van der Waals surface area contributed by atoms with Crippen molar-refractivity contribution in [2.45, 2.75) is 78.0 Å². The second kappa shape index (κ2) is 19.0. The molecule has 14 nitrogen and oxygen atoms in total. The van der Waals surface area contributed by atoms with E-state index >= 15 is 0 Å². The molecule has 14 heteroatoms. The van der Waals surface area contributed by atoms with E-state index in [0.29, 0.717) is 32.5 Å². The summed E-state index contributed by atoms with van der Waals surface area (Å²) in [5.74, 6) is -1.02. The van der Waals surface area contributed by atoms with E-state index in [1.807, 2.05) is 112 Å². The number of amides is 3. The summed E-state index contributed by atoms with van der Waals surface area (Å²) in [6.45, 7) is 8.78. The smallest absolute Gasteiger partial charge is 0.413 e. The van der Waals surface area contributed by atoms with E-state index in [2.05, 4.69) is 25.7 Å². The second-order valence-corrected chi connectivity index (χ2v) is 14.7. The minimum absolute atomic E-state index is 0.0497. The van der Waals surface area contributed by atoms with Crippen LogP contribution in [0.5, 0.6) is 0 Å². The number of carbonyl (C=O) groups is 2. The molecule has 4 heterocycles. The van der Waals surface area contributed by atoms with Crippen molar-refractivity contribution in [3.05, 3.63) is 142 Å². The molecule has 5 aromatic rings. The van der Waals surface area contributed by atoms with Crippen LogP contribution in [0.25, 0.3) is 11.3 Å². The third-order valence-corrected chi connectivity index (χ3v) is 10.4. The average Bonchev–Trinajstić information content (AvgIpc) is 3.74. The Labute approximate surface area is 332 Å². The highest BCUT2D eigenvalue weighted by Gasteiger charge is 2.41. The number of hydrazine groups is 1. The van der Waals surface area contributed by atoms with Gasteiger partial charge in [0, 0.05) is 43.6 Å². The molecule has 5 atom stereocenters. The van der Waals surface area contributed by atoms with E-state index in [4.69, 9.17) is 4.42 Å². The molecule has 0 aliphatic carbocycles. The Bertz CT molecular complexity index is 2130. The van der Waals surface area contributed by atoms with Crippen LogP contribution in [0.1, 0.15) is 60.5 Å². The third kappa shape index (κ3) is 10.6. The molecule has 1 aliphatic rings. The molecule has 0 bridgehead atoms. The normalized spacial score (nSPS) is 15.7. The molecule has 1 aliphatic heterocycles. The van der Waals surface area contributed by atoms with E-state index < -0.39 is 30.2 Å². The summed E-state index contributed by atoms with van der Waals surface area (Å²) in [5, 5.41) is 28.1. The largest absolute Gasteiger partial charge is 0.416 e. The van der Waals surface area contributed by atoms with Gasteiger partial charge >= 0.3 is 11.8 Å². The fraction of sp³-hybridized carbons (Fsp3) is 0.372. The number of nitrogens with one attached hydrogen (secondary N) is 3. The second-order valence-electron chi connectivity index (χ2n) is 14.7. The van der Waals surface area contributed by atoms with E-state index in [9.17, 15) is 24.6 Å². The number of H-pyrrole nitrogens is 1. The predicted molar refractivity (Wildman–Crippen MR) is 215 cm³/mol. The number of rotatable bonds is 18. The van der Waals surface area contributed by atoms with Crippen molar-refractivity contribution in [1.29, 1.82) is 0 Å². The molecule has 6 rings (SSSR count). The maximum absolute atomic E-state index is 14.5. The maximum atomic E-state index is 14.5. The third-order valence-electron chi connectivity index (χ3n) is 10.4. The molecule has 300 valence electrons. The molecule has 0 saturated carbocycles. The van der Waals surface area contributed by atoms with Crippen LogP contribution in [0.3, 0.4) is 0 Å². The molecule has 3 amide bonds. The number of aromatic nitrogens is 3. The quantitative estimate of drug-likeness (QED) is 0.0630. The molecule has 57 heavy (non-hydrogen) atoms. The lowest BCUT2D eigenvalue weighted by atomic mass is 9.95. The molecule has 5 unspecified atom stereocenters. The Hall–Kier alpha value is -5.67. The number of hydrogen-bond acceptors (Lipinski definition) is 10.